The van der Waals surface area contributed by atoms with E-state index in [1.54, 1.807) is 4.90 Å². The highest BCUT2D eigenvalue weighted by molar-refractivity contribution is 7.20. The molecule has 0 aliphatic carbocycles. The molecule has 3 aromatic rings. The van der Waals surface area contributed by atoms with Crippen molar-refractivity contribution in [3.05, 3.63) is 40.9 Å². The molecule has 2 fully saturated rings. The molecule has 0 spiro atoms. The van der Waals surface area contributed by atoms with Crippen molar-refractivity contribution in [1.82, 2.24) is 19.9 Å². The Morgan fingerprint density at radius 2 is 1.93 bits per heavy atom. The molecule has 1 atom stereocenters. The topological polar surface area (TPSA) is 97.7 Å². The Kier molecular flexibility index (Phi) is 9.04. The molecule has 5 rings (SSSR count). The number of piperazine rings is 1. The van der Waals surface area contributed by atoms with Crippen LogP contribution in [0.3, 0.4) is 0 Å². The normalized spacial score (nSPS) is 18.4. The van der Waals surface area contributed by atoms with E-state index in [0.717, 1.165) is 32.0 Å². The van der Waals surface area contributed by atoms with Crippen molar-refractivity contribution in [2.45, 2.75) is 32.4 Å². The number of aromatic nitrogens is 3. The first-order valence-corrected chi connectivity index (χ1v) is 14.8. The van der Waals surface area contributed by atoms with Gasteiger partial charge in [-0.15, -0.1) is 0 Å². The summed E-state index contributed by atoms with van der Waals surface area (Å²) in [6.07, 6.45) is -1.36. The number of aliphatic carboxylic acids is 1. The fourth-order valence-electron chi connectivity index (χ4n) is 5.24. The summed E-state index contributed by atoms with van der Waals surface area (Å²) in [6.45, 7) is 6.04. The SMILES string of the molecule is C[C@H]1CCCN(c2sc(Nc3ncnc(N4CCN(CCC(=O)O)CC4)c3F)nc2-c2ccc(Cl)c(C(F)(F)F)c2)C1. The Bertz CT molecular complexity index is 1430. The van der Waals surface area contributed by atoms with Gasteiger partial charge in [0, 0.05) is 51.4 Å². The summed E-state index contributed by atoms with van der Waals surface area (Å²) in [5, 5.41) is 12.4. The number of anilines is 4. The fraction of sp³-hybridized carbons (Fsp3) is 0.481. The van der Waals surface area contributed by atoms with Gasteiger partial charge in [0.25, 0.3) is 0 Å². The first-order valence-electron chi connectivity index (χ1n) is 13.6. The summed E-state index contributed by atoms with van der Waals surface area (Å²) in [5.74, 6) is -1.13. The molecule has 0 bridgehead atoms. The van der Waals surface area contributed by atoms with Crippen LogP contribution in [0.2, 0.25) is 5.02 Å². The molecule has 1 aromatic carbocycles. The molecule has 2 aliphatic heterocycles. The number of thiazole rings is 1. The summed E-state index contributed by atoms with van der Waals surface area (Å²) in [5.41, 5.74) is -0.337. The number of halogens is 5. The first kappa shape index (κ1) is 30.2. The van der Waals surface area contributed by atoms with Crippen molar-refractivity contribution in [1.29, 1.82) is 0 Å². The molecule has 2 aromatic heterocycles. The zero-order valence-electron chi connectivity index (χ0n) is 22.8. The summed E-state index contributed by atoms with van der Waals surface area (Å²) in [6, 6.07) is 3.72. The van der Waals surface area contributed by atoms with E-state index in [9.17, 15) is 18.0 Å². The Morgan fingerprint density at radius 3 is 2.62 bits per heavy atom. The average Bonchev–Trinajstić information content (AvgIpc) is 3.37. The van der Waals surface area contributed by atoms with Crippen molar-refractivity contribution in [3.63, 3.8) is 0 Å². The summed E-state index contributed by atoms with van der Waals surface area (Å²) in [4.78, 5) is 29.6. The second-order valence-electron chi connectivity index (χ2n) is 10.5. The Labute approximate surface area is 249 Å². The van der Waals surface area contributed by atoms with Gasteiger partial charge in [0.2, 0.25) is 5.82 Å². The van der Waals surface area contributed by atoms with Crippen LogP contribution in [0.5, 0.6) is 0 Å². The number of carboxylic acids is 1. The van der Waals surface area contributed by atoms with Crippen LogP contribution in [-0.2, 0) is 11.0 Å². The molecule has 226 valence electrons. The fourth-order valence-corrected chi connectivity index (χ4v) is 6.49. The lowest BCUT2D eigenvalue weighted by Gasteiger charge is -2.35. The number of alkyl halides is 3. The third-order valence-corrected chi connectivity index (χ3v) is 8.77. The van der Waals surface area contributed by atoms with Crippen LogP contribution in [0, 0.1) is 11.7 Å². The highest BCUT2D eigenvalue weighted by Crippen LogP contribution is 2.44. The molecule has 2 saturated heterocycles. The Hall–Kier alpha value is -3.23. The number of nitrogens with zero attached hydrogens (tertiary/aromatic N) is 6. The summed E-state index contributed by atoms with van der Waals surface area (Å²) >= 11 is 7.10. The lowest BCUT2D eigenvalue weighted by molar-refractivity contribution is -0.138. The van der Waals surface area contributed by atoms with Crippen LogP contribution in [0.25, 0.3) is 11.3 Å². The molecule has 9 nitrogen and oxygen atoms in total. The number of benzene rings is 1. The van der Waals surface area contributed by atoms with Gasteiger partial charge < -0.3 is 20.2 Å². The average molecular weight is 628 g/mol. The molecule has 42 heavy (non-hydrogen) atoms. The van der Waals surface area contributed by atoms with E-state index in [1.165, 1.54) is 29.8 Å². The van der Waals surface area contributed by atoms with Crippen LogP contribution in [0.15, 0.2) is 24.5 Å². The number of rotatable bonds is 8. The van der Waals surface area contributed by atoms with Crippen molar-refractivity contribution in [3.8, 4) is 11.3 Å². The zero-order valence-corrected chi connectivity index (χ0v) is 24.4. The van der Waals surface area contributed by atoms with E-state index in [2.05, 4.69) is 32.1 Å². The van der Waals surface area contributed by atoms with Crippen LogP contribution in [-0.4, -0.2) is 76.7 Å². The van der Waals surface area contributed by atoms with E-state index >= 15 is 4.39 Å². The smallest absolute Gasteiger partial charge is 0.417 e. The van der Waals surface area contributed by atoms with Crippen molar-refractivity contribution < 1.29 is 27.5 Å². The van der Waals surface area contributed by atoms with E-state index < -0.39 is 28.5 Å². The Balaban J connectivity index is 1.42. The van der Waals surface area contributed by atoms with Crippen LogP contribution in [0.4, 0.5) is 39.3 Å². The van der Waals surface area contributed by atoms with Crippen LogP contribution in [0.1, 0.15) is 31.7 Å². The van der Waals surface area contributed by atoms with Gasteiger partial charge in [-0.25, -0.2) is 15.0 Å². The molecular formula is C27H30ClF4N7O2S. The van der Waals surface area contributed by atoms with Crippen LogP contribution >= 0.6 is 22.9 Å². The molecule has 2 aliphatic rings. The number of nitrogens with one attached hydrogen (secondary N) is 1. The van der Waals surface area contributed by atoms with Gasteiger partial charge in [-0.2, -0.15) is 17.6 Å². The highest BCUT2D eigenvalue weighted by Gasteiger charge is 2.34. The number of piperidine rings is 1. The number of hydrogen-bond acceptors (Lipinski definition) is 9. The number of hydrogen-bond donors (Lipinski definition) is 2. The molecule has 15 heteroatoms. The molecule has 0 radical (unpaired) electrons. The minimum absolute atomic E-state index is 0.0393. The van der Waals surface area contributed by atoms with Crippen molar-refractivity contribution in [2.75, 3.05) is 60.9 Å². The molecule has 0 unspecified atom stereocenters. The third kappa shape index (κ3) is 6.87. The lowest BCUT2D eigenvalue weighted by atomic mass is 10.00. The van der Waals surface area contributed by atoms with E-state index in [-0.39, 0.29) is 28.8 Å². The maximum Gasteiger partial charge on any atom is 0.417 e. The third-order valence-electron chi connectivity index (χ3n) is 7.41. The first-order chi connectivity index (χ1) is 20.0. The van der Waals surface area contributed by atoms with E-state index in [0.29, 0.717) is 49.3 Å². The predicted molar refractivity (Wildman–Crippen MR) is 154 cm³/mol. The second kappa shape index (κ2) is 12.6. The van der Waals surface area contributed by atoms with Crippen LogP contribution < -0.4 is 15.1 Å². The molecule has 0 amide bonds. The molecular weight excluding hydrogens is 598 g/mol. The quantitative estimate of drug-likeness (QED) is 0.292. The zero-order chi connectivity index (χ0) is 30.0. The minimum atomic E-state index is -4.63. The monoisotopic (exact) mass is 627 g/mol. The summed E-state index contributed by atoms with van der Waals surface area (Å²) < 4.78 is 56.6. The maximum absolute atomic E-state index is 15.7. The largest absolute Gasteiger partial charge is 0.481 e. The van der Waals surface area contributed by atoms with Gasteiger partial charge in [-0.05, 0) is 30.9 Å². The standard InChI is InChI=1S/C27H30ClF4N7O2S/c1-16-3-2-7-39(14-16)25-22(17-4-5-19(28)18(13-17)27(30,31)32)35-26(42-25)36-23-21(29)24(34-15-33-23)38-11-9-37(10-12-38)8-6-20(40)41/h4-5,13,15-16H,2-3,6-12,14H2,1H3,(H,40,41)(H,33,34,35,36)/t16-/m0/s1. The van der Waals surface area contributed by atoms with Crippen molar-refractivity contribution in [2.24, 2.45) is 5.92 Å². The second-order valence-corrected chi connectivity index (χ2v) is 11.9. The Morgan fingerprint density at radius 1 is 1.17 bits per heavy atom. The van der Waals surface area contributed by atoms with Gasteiger partial charge in [0.15, 0.2) is 16.8 Å². The minimum Gasteiger partial charge on any atom is -0.481 e. The maximum atomic E-state index is 15.7. The number of carbonyl (C=O) groups is 1. The molecule has 2 N–H and O–H groups in total. The number of carboxylic acid groups (broad SMARTS) is 1. The van der Waals surface area contributed by atoms with Gasteiger partial charge in [0.05, 0.1) is 17.0 Å². The van der Waals surface area contributed by atoms with Gasteiger partial charge in [-0.1, -0.05) is 35.9 Å². The molecule has 4 heterocycles. The van der Waals surface area contributed by atoms with Gasteiger partial charge in [0.1, 0.15) is 17.0 Å². The summed E-state index contributed by atoms with van der Waals surface area (Å²) in [7, 11) is 0. The highest BCUT2D eigenvalue weighted by atomic mass is 35.5. The van der Waals surface area contributed by atoms with Gasteiger partial charge >= 0.3 is 12.1 Å². The van der Waals surface area contributed by atoms with Gasteiger partial charge in [-0.3, -0.25) is 9.69 Å². The molecule has 0 saturated carbocycles. The van der Waals surface area contributed by atoms with Crippen molar-refractivity contribution >= 4 is 50.7 Å². The van der Waals surface area contributed by atoms with E-state index in [4.69, 9.17) is 16.7 Å². The van der Waals surface area contributed by atoms with E-state index in [1.807, 2.05) is 4.90 Å². The lowest BCUT2D eigenvalue weighted by Crippen LogP contribution is -2.47. The predicted octanol–water partition coefficient (Wildman–Crippen LogP) is 5.99.